The number of amides is 1. The molecule has 3 nitrogen and oxygen atoms in total. The zero-order valence-corrected chi connectivity index (χ0v) is 13.8. The summed E-state index contributed by atoms with van der Waals surface area (Å²) < 4.78 is 1.13. The van der Waals surface area contributed by atoms with Crippen molar-refractivity contribution < 1.29 is 4.79 Å². The fourth-order valence-electron chi connectivity index (χ4n) is 1.74. The van der Waals surface area contributed by atoms with Crippen LogP contribution >= 0.6 is 33.9 Å². The molecule has 0 aliphatic heterocycles. The molecule has 19 heavy (non-hydrogen) atoms. The summed E-state index contributed by atoms with van der Waals surface area (Å²) in [4.78, 5) is 18.6. The van der Waals surface area contributed by atoms with Crippen molar-refractivity contribution in [3.8, 4) is 0 Å². The molecule has 0 aromatic carbocycles. The number of carbonyl (C=O) groups excluding carboxylic acids is 1. The smallest absolute Gasteiger partial charge is 0.255 e. The molecular weight excluding hydrogens is 371 g/mol. The zero-order valence-electron chi connectivity index (χ0n) is 10.8. The normalized spacial score (nSPS) is 10.7. The monoisotopic (exact) mass is 386 g/mol. The van der Waals surface area contributed by atoms with E-state index in [9.17, 15) is 4.79 Å². The Labute approximate surface area is 130 Å². The number of hydrogen-bond donors (Lipinski definition) is 0. The van der Waals surface area contributed by atoms with Crippen LogP contribution < -0.4 is 0 Å². The van der Waals surface area contributed by atoms with Gasteiger partial charge in [0.05, 0.1) is 20.7 Å². The van der Waals surface area contributed by atoms with E-state index in [-0.39, 0.29) is 11.9 Å². The van der Waals surface area contributed by atoms with Gasteiger partial charge < -0.3 is 4.90 Å². The van der Waals surface area contributed by atoms with Gasteiger partial charge in [0, 0.05) is 17.6 Å². The first-order chi connectivity index (χ1) is 9.08. The third kappa shape index (κ3) is 3.76. The number of aromatic nitrogens is 1. The quantitative estimate of drug-likeness (QED) is 0.749. The average molecular weight is 386 g/mol. The van der Waals surface area contributed by atoms with Gasteiger partial charge in [0.1, 0.15) is 0 Å². The first-order valence-corrected chi connectivity index (χ1v) is 7.98. The molecule has 0 aliphatic carbocycles. The number of nitrogens with zero attached hydrogens (tertiary/aromatic N) is 2. The highest BCUT2D eigenvalue weighted by Gasteiger charge is 2.20. The van der Waals surface area contributed by atoms with Gasteiger partial charge in [-0.3, -0.25) is 9.78 Å². The lowest BCUT2D eigenvalue weighted by molar-refractivity contribution is 0.0688. The second-order valence-electron chi connectivity index (χ2n) is 4.49. The molecule has 0 atom stereocenters. The summed E-state index contributed by atoms with van der Waals surface area (Å²) in [6, 6.07) is 7.85. The van der Waals surface area contributed by atoms with Crippen LogP contribution in [-0.4, -0.2) is 21.8 Å². The minimum atomic E-state index is 0.0693. The van der Waals surface area contributed by atoms with Gasteiger partial charge in [0.2, 0.25) is 0 Å². The Hall–Kier alpha value is -0.950. The van der Waals surface area contributed by atoms with Crippen LogP contribution in [0.1, 0.15) is 29.9 Å². The highest BCUT2D eigenvalue weighted by atomic mass is 127. The average Bonchev–Trinajstić information content (AvgIpc) is 2.83. The predicted molar refractivity (Wildman–Crippen MR) is 86.3 cm³/mol. The first-order valence-electron chi connectivity index (χ1n) is 6.03. The number of carbonyl (C=O) groups is 1. The summed E-state index contributed by atoms with van der Waals surface area (Å²) in [5, 5.41) is 1.91. The number of thiophene rings is 1. The van der Waals surface area contributed by atoms with Crippen molar-refractivity contribution in [2.24, 2.45) is 0 Å². The van der Waals surface area contributed by atoms with E-state index in [0.29, 0.717) is 6.54 Å². The number of pyridine rings is 1. The lowest BCUT2D eigenvalue weighted by Gasteiger charge is -2.26. The molecule has 0 bridgehead atoms. The van der Waals surface area contributed by atoms with Crippen LogP contribution in [0.3, 0.4) is 0 Å². The molecule has 0 fully saturated rings. The van der Waals surface area contributed by atoms with E-state index in [0.717, 1.165) is 14.1 Å². The van der Waals surface area contributed by atoms with Crippen molar-refractivity contribution in [1.29, 1.82) is 0 Å². The van der Waals surface area contributed by atoms with E-state index in [4.69, 9.17) is 0 Å². The van der Waals surface area contributed by atoms with Gasteiger partial charge in [-0.25, -0.2) is 0 Å². The molecule has 0 saturated heterocycles. The summed E-state index contributed by atoms with van der Waals surface area (Å²) >= 11 is 3.83. The Balaban J connectivity index is 2.19. The summed E-state index contributed by atoms with van der Waals surface area (Å²) in [6.07, 6.45) is 1.76. The van der Waals surface area contributed by atoms with E-state index in [2.05, 4.69) is 27.6 Å². The standard InChI is InChI=1S/C14H15IN2OS/c1-10(2)17(8-12-5-3-4-6-16-12)14(18)11-7-13(15)19-9-11/h3-7,9-10H,8H2,1-2H3. The summed E-state index contributed by atoms with van der Waals surface area (Å²) in [6.45, 7) is 4.60. The molecule has 5 heteroatoms. The lowest BCUT2D eigenvalue weighted by atomic mass is 10.2. The Morgan fingerprint density at radius 1 is 1.47 bits per heavy atom. The van der Waals surface area contributed by atoms with Crippen LogP contribution in [0.5, 0.6) is 0 Å². The van der Waals surface area contributed by atoms with Gasteiger partial charge in [0.25, 0.3) is 5.91 Å². The van der Waals surface area contributed by atoms with Gasteiger partial charge in [-0.2, -0.15) is 0 Å². The van der Waals surface area contributed by atoms with Gasteiger partial charge in [-0.1, -0.05) is 6.07 Å². The highest BCUT2D eigenvalue weighted by Crippen LogP contribution is 2.20. The molecule has 0 unspecified atom stereocenters. The van der Waals surface area contributed by atoms with Crippen molar-refractivity contribution in [3.05, 3.63) is 50.0 Å². The van der Waals surface area contributed by atoms with Crippen LogP contribution in [0, 0.1) is 2.88 Å². The predicted octanol–water partition coefficient (Wildman–Crippen LogP) is 3.80. The highest BCUT2D eigenvalue weighted by molar-refractivity contribution is 14.1. The van der Waals surface area contributed by atoms with Gasteiger partial charge in [-0.05, 0) is 54.6 Å². The maximum Gasteiger partial charge on any atom is 0.255 e. The summed E-state index contributed by atoms with van der Waals surface area (Å²) in [7, 11) is 0. The lowest BCUT2D eigenvalue weighted by Crippen LogP contribution is -2.36. The number of halogens is 1. The summed E-state index contributed by atoms with van der Waals surface area (Å²) in [5.74, 6) is 0.0693. The molecule has 0 N–H and O–H groups in total. The molecule has 2 aromatic heterocycles. The minimum Gasteiger partial charge on any atom is -0.330 e. The van der Waals surface area contributed by atoms with Gasteiger partial charge in [0.15, 0.2) is 0 Å². The Kier molecular flexibility index (Phi) is 4.93. The van der Waals surface area contributed by atoms with Gasteiger partial charge in [-0.15, -0.1) is 11.3 Å². The molecule has 2 aromatic rings. The van der Waals surface area contributed by atoms with E-state index < -0.39 is 0 Å². The molecule has 100 valence electrons. The van der Waals surface area contributed by atoms with Crippen molar-refractivity contribution in [1.82, 2.24) is 9.88 Å². The molecule has 2 rings (SSSR count). The molecule has 0 aliphatic rings. The maximum absolute atomic E-state index is 12.5. The van der Waals surface area contributed by atoms with Crippen molar-refractivity contribution in [3.63, 3.8) is 0 Å². The second kappa shape index (κ2) is 6.47. The molecule has 0 radical (unpaired) electrons. The van der Waals surface area contributed by atoms with Crippen molar-refractivity contribution in [2.45, 2.75) is 26.4 Å². The molecular formula is C14H15IN2OS. The van der Waals surface area contributed by atoms with Crippen LogP contribution in [0.2, 0.25) is 0 Å². The Morgan fingerprint density at radius 3 is 2.79 bits per heavy atom. The van der Waals surface area contributed by atoms with Crippen LogP contribution in [0.15, 0.2) is 35.8 Å². The fraction of sp³-hybridized carbons (Fsp3) is 0.286. The van der Waals surface area contributed by atoms with Crippen molar-refractivity contribution in [2.75, 3.05) is 0 Å². The van der Waals surface area contributed by atoms with E-state index in [1.807, 2.05) is 48.4 Å². The van der Waals surface area contributed by atoms with E-state index in [1.54, 1.807) is 17.5 Å². The van der Waals surface area contributed by atoms with Crippen LogP contribution in [0.4, 0.5) is 0 Å². The number of rotatable bonds is 4. The minimum absolute atomic E-state index is 0.0693. The fourth-order valence-corrected chi connectivity index (χ4v) is 3.06. The Morgan fingerprint density at radius 2 is 2.26 bits per heavy atom. The second-order valence-corrected chi connectivity index (χ2v) is 7.29. The first kappa shape index (κ1) is 14.5. The molecule has 0 spiro atoms. The third-order valence-corrected chi connectivity index (χ3v) is 4.55. The summed E-state index contributed by atoms with van der Waals surface area (Å²) in [5.41, 5.74) is 1.67. The van der Waals surface area contributed by atoms with Crippen molar-refractivity contribution >= 4 is 39.8 Å². The van der Waals surface area contributed by atoms with Crippen LogP contribution in [0.25, 0.3) is 0 Å². The molecule has 2 heterocycles. The largest absolute Gasteiger partial charge is 0.330 e. The molecule has 1 amide bonds. The van der Waals surface area contributed by atoms with Crippen LogP contribution in [-0.2, 0) is 6.54 Å². The Bertz CT molecular complexity index is 554. The maximum atomic E-state index is 12.5. The molecule has 0 saturated carbocycles. The van der Waals surface area contributed by atoms with E-state index >= 15 is 0 Å². The third-order valence-electron chi connectivity index (χ3n) is 2.76. The SMILES string of the molecule is CC(C)N(Cc1ccccn1)C(=O)c1csc(I)c1. The topological polar surface area (TPSA) is 33.2 Å². The van der Waals surface area contributed by atoms with E-state index in [1.165, 1.54) is 0 Å². The number of hydrogen-bond acceptors (Lipinski definition) is 3. The van der Waals surface area contributed by atoms with Gasteiger partial charge >= 0.3 is 0 Å². The zero-order chi connectivity index (χ0) is 13.8.